The second-order valence-electron chi connectivity index (χ2n) is 5.53. The molecule has 1 unspecified atom stereocenters. The number of rotatable bonds is 8. The molecular weight excluding hydrogens is 290 g/mol. The summed E-state index contributed by atoms with van der Waals surface area (Å²) in [6.45, 7) is 5.79. The van der Waals surface area contributed by atoms with E-state index in [1.807, 2.05) is 0 Å². The predicted molar refractivity (Wildman–Crippen MR) is 81.4 cm³/mol. The van der Waals surface area contributed by atoms with E-state index < -0.39 is 10.0 Å². The van der Waals surface area contributed by atoms with Gasteiger partial charge in [-0.1, -0.05) is 0 Å². The zero-order valence-corrected chi connectivity index (χ0v) is 13.3. The molecule has 2 heterocycles. The highest BCUT2D eigenvalue weighted by Gasteiger charge is 2.21. The molecule has 21 heavy (non-hydrogen) atoms. The Hall–Kier alpha value is -0.960. The number of hydrogen-bond acceptors (Lipinski definition) is 5. The van der Waals surface area contributed by atoms with E-state index >= 15 is 0 Å². The molecule has 0 amide bonds. The van der Waals surface area contributed by atoms with Crippen molar-refractivity contribution >= 4 is 10.0 Å². The maximum atomic E-state index is 12.2. The van der Waals surface area contributed by atoms with Crippen LogP contribution < -0.4 is 10.5 Å². The lowest BCUT2D eigenvalue weighted by atomic mass is 10.3. The van der Waals surface area contributed by atoms with Gasteiger partial charge in [0.25, 0.3) is 0 Å². The first-order valence-electron chi connectivity index (χ1n) is 7.49. The molecule has 1 aliphatic heterocycles. The van der Waals surface area contributed by atoms with E-state index in [2.05, 4.69) is 21.6 Å². The molecule has 0 bridgehead atoms. The summed E-state index contributed by atoms with van der Waals surface area (Å²) in [5.41, 5.74) is 5.43. The second kappa shape index (κ2) is 7.35. The van der Waals surface area contributed by atoms with Gasteiger partial charge in [-0.3, -0.25) is 9.58 Å². The normalized spacial score (nSPS) is 18.2. The van der Waals surface area contributed by atoms with Crippen LogP contribution in [0.2, 0.25) is 0 Å². The zero-order valence-electron chi connectivity index (χ0n) is 12.5. The molecule has 1 atom stereocenters. The van der Waals surface area contributed by atoms with Crippen LogP contribution in [-0.4, -0.2) is 55.3 Å². The van der Waals surface area contributed by atoms with Gasteiger partial charge in [-0.05, 0) is 45.8 Å². The smallest absolute Gasteiger partial charge is 0.243 e. The highest BCUT2D eigenvalue weighted by Crippen LogP contribution is 2.12. The summed E-state index contributed by atoms with van der Waals surface area (Å²) in [6, 6.07) is 0.217. The third-order valence-corrected chi connectivity index (χ3v) is 5.22. The van der Waals surface area contributed by atoms with Gasteiger partial charge < -0.3 is 5.73 Å². The average molecular weight is 315 g/mol. The van der Waals surface area contributed by atoms with Gasteiger partial charge in [-0.25, -0.2) is 13.1 Å². The molecule has 120 valence electrons. The maximum Gasteiger partial charge on any atom is 0.243 e. The molecule has 8 heteroatoms. The molecule has 0 aliphatic carbocycles. The number of aromatic nitrogens is 2. The lowest BCUT2D eigenvalue weighted by molar-refractivity contribution is 0.260. The number of likely N-dealkylation sites (tertiary alicyclic amines) is 1. The van der Waals surface area contributed by atoms with Crippen molar-refractivity contribution in [3.63, 3.8) is 0 Å². The van der Waals surface area contributed by atoms with Crippen LogP contribution in [0.4, 0.5) is 0 Å². The SMILES string of the molecule is CC(CNS(=O)(=O)c1cnn(CCCN)c1)N1CCCC1. The monoisotopic (exact) mass is 315 g/mol. The molecule has 1 aliphatic rings. The molecule has 1 aromatic heterocycles. The minimum Gasteiger partial charge on any atom is -0.330 e. The van der Waals surface area contributed by atoms with Gasteiger partial charge in [0, 0.05) is 25.3 Å². The van der Waals surface area contributed by atoms with E-state index in [-0.39, 0.29) is 10.9 Å². The molecular formula is C13H25N5O2S. The molecule has 0 spiro atoms. The van der Waals surface area contributed by atoms with E-state index in [1.54, 1.807) is 10.9 Å². The molecule has 2 rings (SSSR count). The molecule has 1 aromatic rings. The van der Waals surface area contributed by atoms with Gasteiger partial charge >= 0.3 is 0 Å². The van der Waals surface area contributed by atoms with Crippen molar-refractivity contribution in [1.82, 2.24) is 19.4 Å². The molecule has 1 saturated heterocycles. The minimum atomic E-state index is -3.48. The lowest BCUT2D eigenvalue weighted by Gasteiger charge is -2.23. The summed E-state index contributed by atoms with van der Waals surface area (Å²) in [5.74, 6) is 0. The van der Waals surface area contributed by atoms with E-state index in [0.717, 1.165) is 19.5 Å². The molecule has 7 nitrogen and oxygen atoms in total. The molecule has 0 aromatic carbocycles. The fourth-order valence-corrected chi connectivity index (χ4v) is 3.56. The van der Waals surface area contributed by atoms with Crippen LogP contribution in [-0.2, 0) is 16.6 Å². The number of sulfonamides is 1. The predicted octanol–water partition coefficient (Wildman–Crippen LogP) is -0.00550. The van der Waals surface area contributed by atoms with Crippen LogP contribution >= 0.6 is 0 Å². The number of nitrogens with two attached hydrogens (primary N) is 1. The summed E-state index contributed by atoms with van der Waals surface area (Å²) in [4.78, 5) is 2.53. The first-order valence-corrected chi connectivity index (χ1v) is 8.97. The fourth-order valence-electron chi connectivity index (χ4n) is 2.48. The maximum absolute atomic E-state index is 12.2. The Bertz CT molecular complexity index is 537. The quantitative estimate of drug-likeness (QED) is 0.704. The molecule has 1 fully saturated rings. The van der Waals surface area contributed by atoms with E-state index in [0.29, 0.717) is 19.6 Å². The lowest BCUT2D eigenvalue weighted by Crippen LogP contribution is -2.40. The molecule has 3 N–H and O–H groups in total. The van der Waals surface area contributed by atoms with Gasteiger partial charge in [0.15, 0.2) is 0 Å². The Morgan fingerprint density at radius 1 is 1.43 bits per heavy atom. The van der Waals surface area contributed by atoms with Crippen molar-refractivity contribution < 1.29 is 8.42 Å². The van der Waals surface area contributed by atoms with Crippen molar-refractivity contribution in [1.29, 1.82) is 0 Å². The largest absolute Gasteiger partial charge is 0.330 e. The van der Waals surface area contributed by atoms with Crippen LogP contribution in [0.25, 0.3) is 0 Å². The number of nitrogens with zero attached hydrogens (tertiary/aromatic N) is 3. The van der Waals surface area contributed by atoms with Crippen molar-refractivity contribution in [2.75, 3.05) is 26.2 Å². The van der Waals surface area contributed by atoms with Gasteiger partial charge in [-0.15, -0.1) is 0 Å². The number of hydrogen-bond donors (Lipinski definition) is 2. The van der Waals surface area contributed by atoms with Crippen LogP contribution in [0.3, 0.4) is 0 Å². The topological polar surface area (TPSA) is 93.2 Å². The Kier molecular flexibility index (Phi) is 5.74. The Morgan fingerprint density at radius 2 is 2.14 bits per heavy atom. The van der Waals surface area contributed by atoms with Crippen LogP contribution in [0.15, 0.2) is 17.3 Å². The summed E-state index contributed by atoms with van der Waals surface area (Å²) >= 11 is 0. The van der Waals surface area contributed by atoms with Crippen molar-refractivity contribution in [2.45, 2.75) is 43.7 Å². The standard InChI is InChI=1S/C13H25N5O2S/c1-12(17-6-2-3-7-17)9-16-21(19,20)13-10-15-18(11-13)8-4-5-14/h10-12,16H,2-9,14H2,1H3. The molecule has 0 saturated carbocycles. The molecule has 0 radical (unpaired) electrons. The van der Waals surface area contributed by atoms with Gasteiger partial charge in [0.2, 0.25) is 10.0 Å². The summed E-state index contributed by atoms with van der Waals surface area (Å²) < 4.78 is 28.8. The van der Waals surface area contributed by atoms with Crippen molar-refractivity contribution in [3.05, 3.63) is 12.4 Å². The summed E-state index contributed by atoms with van der Waals surface area (Å²) in [7, 11) is -3.48. The Balaban J connectivity index is 1.90. The first-order chi connectivity index (χ1) is 10.0. The second-order valence-corrected chi connectivity index (χ2v) is 7.29. The van der Waals surface area contributed by atoms with E-state index in [1.165, 1.54) is 19.0 Å². The van der Waals surface area contributed by atoms with Gasteiger partial charge in [-0.2, -0.15) is 5.10 Å². The zero-order chi connectivity index (χ0) is 15.3. The van der Waals surface area contributed by atoms with Gasteiger partial charge in [0.1, 0.15) is 4.90 Å². The van der Waals surface area contributed by atoms with Crippen molar-refractivity contribution in [3.8, 4) is 0 Å². The highest BCUT2D eigenvalue weighted by atomic mass is 32.2. The van der Waals surface area contributed by atoms with Crippen LogP contribution in [0, 0.1) is 0 Å². The number of nitrogens with one attached hydrogen (secondary N) is 1. The average Bonchev–Trinajstić information content (AvgIpc) is 3.13. The van der Waals surface area contributed by atoms with E-state index in [9.17, 15) is 8.42 Å². The summed E-state index contributed by atoms with van der Waals surface area (Å²) in [6.07, 6.45) is 6.12. The third kappa shape index (κ3) is 4.50. The first kappa shape index (κ1) is 16.4. The van der Waals surface area contributed by atoms with Crippen molar-refractivity contribution in [2.24, 2.45) is 5.73 Å². The van der Waals surface area contributed by atoms with Gasteiger partial charge in [0.05, 0.1) is 6.20 Å². The van der Waals surface area contributed by atoms with E-state index in [4.69, 9.17) is 5.73 Å². The minimum absolute atomic E-state index is 0.216. The van der Waals surface area contributed by atoms with Crippen LogP contribution in [0.5, 0.6) is 0 Å². The summed E-state index contributed by atoms with van der Waals surface area (Å²) in [5, 5.41) is 4.06. The van der Waals surface area contributed by atoms with Crippen LogP contribution in [0.1, 0.15) is 26.2 Å². The fraction of sp³-hybridized carbons (Fsp3) is 0.769. The Labute approximate surface area is 126 Å². The highest BCUT2D eigenvalue weighted by molar-refractivity contribution is 7.89. The Morgan fingerprint density at radius 3 is 2.81 bits per heavy atom. The number of aryl methyl sites for hydroxylation is 1. The third-order valence-electron chi connectivity index (χ3n) is 3.84.